The Bertz CT molecular complexity index is 670. The molecular weight excluding hydrogens is 330 g/mol. The van der Waals surface area contributed by atoms with Gasteiger partial charge in [-0.25, -0.2) is 12.7 Å². The molecule has 1 heterocycles. The first-order valence-corrected chi connectivity index (χ1v) is 10.2. The number of carbonyl (C=O) groups excluding carboxylic acids is 2. The number of sulfonamides is 1. The smallest absolute Gasteiger partial charge is 0.309 e. The summed E-state index contributed by atoms with van der Waals surface area (Å²) in [5.41, 5.74) is 0. The van der Waals surface area contributed by atoms with Crippen molar-refractivity contribution in [1.29, 1.82) is 0 Å². The van der Waals surface area contributed by atoms with E-state index in [4.69, 9.17) is 4.74 Å². The van der Waals surface area contributed by atoms with Crippen molar-refractivity contribution in [3.05, 3.63) is 12.2 Å². The van der Waals surface area contributed by atoms with Gasteiger partial charge in [-0.3, -0.25) is 9.59 Å². The van der Waals surface area contributed by atoms with Crippen LogP contribution in [0.2, 0.25) is 0 Å². The first-order valence-electron chi connectivity index (χ1n) is 8.73. The van der Waals surface area contributed by atoms with Gasteiger partial charge in [0.1, 0.15) is 0 Å². The second-order valence-electron chi connectivity index (χ2n) is 7.05. The van der Waals surface area contributed by atoms with E-state index in [0.717, 1.165) is 10.7 Å². The van der Waals surface area contributed by atoms with Crippen molar-refractivity contribution < 1.29 is 22.7 Å². The Morgan fingerprint density at radius 2 is 1.92 bits per heavy atom. The van der Waals surface area contributed by atoms with Crippen molar-refractivity contribution >= 4 is 21.9 Å². The van der Waals surface area contributed by atoms with Crippen LogP contribution in [-0.2, 0) is 24.3 Å². The number of amides is 1. The monoisotopic (exact) mass is 355 g/mol. The van der Waals surface area contributed by atoms with Crippen LogP contribution in [0.3, 0.4) is 0 Å². The zero-order valence-corrected chi connectivity index (χ0v) is 15.2. The van der Waals surface area contributed by atoms with E-state index in [-0.39, 0.29) is 30.9 Å². The Hall–Kier alpha value is -1.37. The Labute approximate surface area is 143 Å². The molecule has 2 fully saturated rings. The van der Waals surface area contributed by atoms with Crippen LogP contribution in [0.4, 0.5) is 0 Å². The molecule has 1 saturated carbocycles. The van der Waals surface area contributed by atoms with E-state index in [2.05, 4.69) is 6.08 Å². The van der Waals surface area contributed by atoms with E-state index in [0.29, 0.717) is 6.42 Å². The molecule has 0 N–H and O–H groups in total. The lowest BCUT2D eigenvalue weighted by atomic mass is 9.90. The summed E-state index contributed by atoms with van der Waals surface area (Å²) in [6, 6.07) is 0. The van der Waals surface area contributed by atoms with Crippen molar-refractivity contribution in [2.75, 3.05) is 13.2 Å². The maximum atomic E-state index is 12.9. The molecule has 1 amide bonds. The molecule has 3 aliphatic rings. The summed E-state index contributed by atoms with van der Waals surface area (Å²) in [4.78, 5) is 24.9. The molecule has 1 saturated heterocycles. The molecular formula is C17H25NO5S. The van der Waals surface area contributed by atoms with Crippen molar-refractivity contribution in [2.45, 2.75) is 38.9 Å². The highest BCUT2D eigenvalue weighted by Gasteiger charge is 2.59. The number of hydrogen-bond acceptors (Lipinski definition) is 5. The minimum Gasteiger partial charge on any atom is -0.466 e. The van der Waals surface area contributed by atoms with Crippen molar-refractivity contribution in [1.82, 2.24) is 4.31 Å². The van der Waals surface area contributed by atoms with Gasteiger partial charge in [-0.15, -0.1) is 0 Å². The average Bonchev–Trinajstić information content (AvgIpc) is 3.19. The van der Waals surface area contributed by atoms with Crippen molar-refractivity contribution in [3.8, 4) is 0 Å². The van der Waals surface area contributed by atoms with Gasteiger partial charge < -0.3 is 4.74 Å². The lowest BCUT2D eigenvalue weighted by Gasteiger charge is -2.26. The molecule has 2 bridgehead atoms. The normalized spacial score (nSPS) is 34.9. The number of hydrogen-bond donors (Lipinski definition) is 0. The molecule has 0 spiro atoms. The van der Waals surface area contributed by atoms with Crippen LogP contribution in [0.5, 0.6) is 0 Å². The van der Waals surface area contributed by atoms with Gasteiger partial charge in [-0.2, -0.15) is 0 Å². The third-order valence-corrected chi connectivity index (χ3v) is 8.17. The first-order chi connectivity index (χ1) is 11.3. The van der Waals surface area contributed by atoms with Gasteiger partial charge in [0.25, 0.3) is 0 Å². The molecule has 2 aliphatic carbocycles. The van der Waals surface area contributed by atoms with Crippen LogP contribution >= 0.6 is 0 Å². The van der Waals surface area contributed by atoms with Crippen LogP contribution in [0, 0.1) is 29.6 Å². The highest BCUT2D eigenvalue weighted by molar-refractivity contribution is 7.90. The van der Waals surface area contributed by atoms with Crippen LogP contribution in [0.25, 0.3) is 0 Å². The minimum atomic E-state index is -3.64. The topological polar surface area (TPSA) is 80.8 Å². The number of fused-ring (bicyclic) bond motifs is 5. The second kappa shape index (κ2) is 6.17. The summed E-state index contributed by atoms with van der Waals surface area (Å²) >= 11 is 0. The third-order valence-electron chi connectivity index (χ3n) is 5.84. The lowest BCUT2D eigenvalue weighted by Crippen LogP contribution is -2.42. The van der Waals surface area contributed by atoms with Crippen LogP contribution in [0.1, 0.15) is 33.6 Å². The molecule has 0 aromatic rings. The van der Waals surface area contributed by atoms with Crippen molar-refractivity contribution in [2.24, 2.45) is 29.6 Å². The lowest BCUT2D eigenvalue weighted by molar-refractivity contribution is -0.153. The average molecular weight is 355 g/mol. The molecule has 0 unspecified atom stereocenters. The van der Waals surface area contributed by atoms with Crippen LogP contribution in [-0.4, -0.2) is 43.0 Å². The number of esters is 1. The molecule has 7 heteroatoms. The van der Waals surface area contributed by atoms with E-state index in [9.17, 15) is 18.0 Å². The summed E-state index contributed by atoms with van der Waals surface area (Å²) in [7, 11) is -3.64. The predicted molar refractivity (Wildman–Crippen MR) is 88.2 cm³/mol. The third kappa shape index (κ3) is 2.48. The fourth-order valence-electron chi connectivity index (χ4n) is 4.59. The predicted octanol–water partition coefficient (Wildman–Crippen LogP) is 1.57. The van der Waals surface area contributed by atoms with E-state index in [1.54, 1.807) is 13.8 Å². The summed E-state index contributed by atoms with van der Waals surface area (Å²) in [5, 5.41) is -0.466. The molecule has 134 valence electrons. The SMILES string of the molecule is CCOC(=O)[C@H](CC)[C@@H](C)C(=O)N1C[C@H]2[C@H]([C@H]3C=C[C@@H]2C3)S1(=O)=O. The zero-order valence-electron chi connectivity index (χ0n) is 14.3. The molecule has 24 heavy (non-hydrogen) atoms. The van der Waals surface area contributed by atoms with Crippen LogP contribution < -0.4 is 0 Å². The maximum absolute atomic E-state index is 12.9. The summed E-state index contributed by atoms with van der Waals surface area (Å²) in [5.74, 6) is -1.91. The van der Waals surface area contributed by atoms with Gasteiger partial charge in [-0.1, -0.05) is 26.0 Å². The first kappa shape index (κ1) is 17.5. The van der Waals surface area contributed by atoms with Gasteiger partial charge in [-0.05, 0) is 31.6 Å². The van der Waals surface area contributed by atoms with E-state index in [1.807, 2.05) is 13.0 Å². The maximum Gasteiger partial charge on any atom is 0.309 e. The number of nitrogens with zero attached hydrogens (tertiary/aromatic N) is 1. The Morgan fingerprint density at radius 1 is 1.25 bits per heavy atom. The highest BCUT2D eigenvalue weighted by Crippen LogP contribution is 2.51. The highest BCUT2D eigenvalue weighted by atomic mass is 32.2. The molecule has 3 rings (SSSR count). The van der Waals surface area contributed by atoms with Gasteiger partial charge in [0.05, 0.1) is 17.8 Å². The van der Waals surface area contributed by atoms with E-state index >= 15 is 0 Å². The van der Waals surface area contributed by atoms with Gasteiger partial charge in [0, 0.05) is 18.4 Å². The molecule has 0 aromatic heterocycles. The quantitative estimate of drug-likeness (QED) is 0.552. The van der Waals surface area contributed by atoms with E-state index in [1.165, 1.54) is 0 Å². The minimum absolute atomic E-state index is 0.00354. The number of rotatable bonds is 5. The van der Waals surface area contributed by atoms with Gasteiger partial charge >= 0.3 is 5.97 Å². The van der Waals surface area contributed by atoms with Crippen LogP contribution in [0.15, 0.2) is 12.2 Å². The van der Waals surface area contributed by atoms with E-state index < -0.39 is 39.0 Å². The number of allylic oxidation sites excluding steroid dienone is 2. The Morgan fingerprint density at radius 3 is 2.50 bits per heavy atom. The van der Waals surface area contributed by atoms with Gasteiger partial charge in [0.2, 0.25) is 15.9 Å². The number of carbonyl (C=O) groups is 2. The fraction of sp³-hybridized carbons (Fsp3) is 0.765. The Balaban J connectivity index is 1.79. The molecule has 0 aromatic carbocycles. The molecule has 6 atom stereocenters. The summed E-state index contributed by atoms with van der Waals surface area (Å²) in [6.07, 6.45) is 5.40. The second-order valence-corrected chi connectivity index (χ2v) is 9.06. The standard InChI is InChI=1S/C17H25NO5S/c1-4-13(17(20)23-5-2)10(3)16(19)18-9-14-11-6-7-12(8-11)15(14)24(18,21)22/h6-7,10-15H,4-5,8-9H2,1-3H3/t10-,11-,12+,13-,14-,15+/m1/s1. The largest absolute Gasteiger partial charge is 0.466 e. The van der Waals surface area contributed by atoms with Gasteiger partial charge in [0.15, 0.2) is 0 Å². The fourth-order valence-corrected chi connectivity index (χ4v) is 7.05. The summed E-state index contributed by atoms with van der Waals surface area (Å²) < 4.78 is 31.8. The molecule has 1 aliphatic heterocycles. The Kier molecular flexibility index (Phi) is 4.49. The zero-order chi connectivity index (χ0) is 17.6. The molecule has 6 nitrogen and oxygen atoms in total. The molecule has 0 radical (unpaired) electrons. The summed E-state index contributed by atoms with van der Waals surface area (Å²) in [6.45, 7) is 5.65. The number of ether oxygens (including phenoxy) is 1. The van der Waals surface area contributed by atoms with Crippen molar-refractivity contribution in [3.63, 3.8) is 0 Å².